The molecule has 2 heterocycles. The minimum atomic E-state index is -0.131. The predicted octanol–water partition coefficient (Wildman–Crippen LogP) is 5.70. The second-order valence-electron chi connectivity index (χ2n) is 7.89. The number of nitrogens with zero attached hydrogens (tertiary/aromatic N) is 1. The van der Waals surface area contributed by atoms with Gasteiger partial charge in [0.25, 0.3) is 0 Å². The van der Waals surface area contributed by atoms with Gasteiger partial charge in [0, 0.05) is 23.4 Å². The molecule has 0 aliphatic carbocycles. The predicted molar refractivity (Wildman–Crippen MR) is 129 cm³/mol. The Hall–Kier alpha value is -2.51. The molecular weight excluding hydrogens is 428 g/mol. The molecule has 1 aliphatic rings. The van der Waals surface area contributed by atoms with E-state index in [1.54, 1.807) is 24.6 Å². The third-order valence-corrected chi connectivity index (χ3v) is 8.01. The van der Waals surface area contributed by atoms with Crippen molar-refractivity contribution in [1.82, 2.24) is 0 Å². The van der Waals surface area contributed by atoms with Crippen molar-refractivity contribution in [3.8, 4) is 28.4 Å². The minimum absolute atomic E-state index is 0.131. The second kappa shape index (κ2) is 8.93. The maximum absolute atomic E-state index is 5.76. The van der Waals surface area contributed by atoms with Gasteiger partial charge in [0.05, 0.1) is 31.2 Å². The first kappa shape index (κ1) is 21.7. The highest BCUT2D eigenvalue weighted by atomic mass is 32.9. The third-order valence-electron chi connectivity index (χ3n) is 5.33. The molecule has 7 heteroatoms. The number of ether oxygens (including phenoxy) is 3. The van der Waals surface area contributed by atoms with Crippen molar-refractivity contribution in [1.29, 1.82) is 0 Å². The molecule has 0 saturated carbocycles. The maximum Gasteiger partial charge on any atom is 0.160 e. The minimum Gasteiger partial charge on any atom is -0.494 e. The molecule has 0 fully saturated rings. The van der Waals surface area contributed by atoms with E-state index >= 15 is 0 Å². The number of anilines is 1. The molecule has 0 bridgehead atoms. The zero-order chi connectivity index (χ0) is 22.0. The second-order valence-corrected chi connectivity index (χ2v) is 10.0. The SMILES string of the molecule is CCOc1ccc2c(c1)-c1c(ssc1=NCCc1ccc(OC)c(OC)c1)C(C)(C)N2. The molecule has 0 saturated heterocycles. The van der Waals surface area contributed by atoms with Gasteiger partial charge in [-0.05, 0) is 63.1 Å². The summed E-state index contributed by atoms with van der Waals surface area (Å²) >= 11 is 0. The van der Waals surface area contributed by atoms with E-state index in [4.69, 9.17) is 19.2 Å². The molecule has 2 aromatic carbocycles. The summed E-state index contributed by atoms with van der Waals surface area (Å²) in [6.45, 7) is 7.82. The van der Waals surface area contributed by atoms with E-state index in [0.29, 0.717) is 13.2 Å². The van der Waals surface area contributed by atoms with Crippen LogP contribution < -0.4 is 24.2 Å². The van der Waals surface area contributed by atoms with Crippen LogP contribution in [0.3, 0.4) is 0 Å². The van der Waals surface area contributed by atoms with Crippen molar-refractivity contribution in [2.75, 3.05) is 32.7 Å². The fraction of sp³-hybridized carbons (Fsp3) is 0.375. The van der Waals surface area contributed by atoms with Gasteiger partial charge in [-0.15, -0.1) is 0 Å². The fourth-order valence-electron chi connectivity index (χ4n) is 3.83. The standard InChI is InChI=1S/C24H28N2O3S2/c1-6-29-16-8-9-18-17(14-16)21-22(24(2,3)26-18)30-31-23(21)25-12-11-15-7-10-19(27-4)20(13-15)28-5/h7-10,13-14,26H,6,11-12H2,1-5H3. The summed E-state index contributed by atoms with van der Waals surface area (Å²) in [5, 5.41) is 3.67. The van der Waals surface area contributed by atoms with Crippen LogP contribution in [0.25, 0.3) is 11.1 Å². The van der Waals surface area contributed by atoms with Crippen molar-refractivity contribution < 1.29 is 14.2 Å². The van der Waals surface area contributed by atoms with Crippen molar-refractivity contribution >= 4 is 26.4 Å². The van der Waals surface area contributed by atoms with Gasteiger partial charge >= 0.3 is 0 Å². The number of fused-ring (bicyclic) bond motifs is 3. The number of benzene rings is 2. The normalized spacial score (nSPS) is 14.4. The zero-order valence-electron chi connectivity index (χ0n) is 18.6. The molecule has 1 N–H and O–H groups in total. The maximum atomic E-state index is 5.76. The summed E-state index contributed by atoms with van der Waals surface area (Å²) in [7, 11) is 6.87. The van der Waals surface area contributed by atoms with Gasteiger partial charge in [0.2, 0.25) is 0 Å². The number of hydrogen-bond donors (Lipinski definition) is 1. The average Bonchev–Trinajstić information content (AvgIpc) is 3.19. The molecule has 31 heavy (non-hydrogen) atoms. The molecule has 1 aromatic heterocycles. The molecule has 0 radical (unpaired) electrons. The van der Waals surface area contributed by atoms with Crippen LogP contribution in [0.2, 0.25) is 0 Å². The molecule has 164 valence electrons. The molecule has 0 unspecified atom stereocenters. The van der Waals surface area contributed by atoms with Crippen molar-refractivity contribution in [2.45, 2.75) is 32.7 Å². The van der Waals surface area contributed by atoms with Crippen molar-refractivity contribution in [3.05, 3.63) is 51.5 Å². The first-order chi connectivity index (χ1) is 15.0. The van der Waals surface area contributed by atoms with Crippen LogP contribution in [0.1, 0.15) is 31.2 Å². The van der Waals surface area contributed by atoms with E-state index in [-0.39, 0.29) is 5.54 Å². The Morgan fingerprint density at radius 2 is 1.81 bits per heavy atom. The van der Waals surface area contributed by atoms with Crippen LogP contribution in [0.15, 0.2) is 41.4 Å². The first-order valence-corrected chi connectivity index (χ1v) is 12.5. The monoisotopic (exact) mass is 456 g/mol. The molecular formula is C24H28N2O3S2. The van der Waals surface area contributed by atoms with E-state index in [2.05, 4.69) is 37.4 Å². The van der Waals surface area contributed by atoms with Crippen LogP contribution >= 0.6 is 20.7 Å². The Balaban J connectivity index is 1.66. The number of methoxy groups -OCH3 is 2. The van der Waals surface area contributed by atoms with Crippen LogP contribution in [-0.2, 0) is 12.0 Å². The summed E-state index contributed by atoms with van der Waals surface area (Å²) in [4.78, 5) is 6.32. The van der Waals surface area contributed by atoms with Gasteiger partial charge in [-0.25, -0.2) is 0 Å². The van der Waals surface area contributed by atoms with Gasteiger partial charge in [0.1, 0.15) is 10.4 Å². The lowest BCUT2D eigenvalue weighted by Gasteiger charge is -2.33. The summed E-state index contributed by atoms with van der Waals surface area (Å²) in [5.41, 5.74) is 4.58. The van der Waals surface area contributed by atoms with Gasteiger partial charge < -0.3 is 19.5 Å². The topological polar surface area (TPSA) is 52.1 Å². The molecule has 0 amide bonds. The van der Waals surface area contributed by atoms with Gasteiger partial charge in [0.15, 0.2) is 11.5 Å². The van der Waals surface area contributed by atoms with Gasteiger partial charge in [-0.2, -0.15) is 0 Å². The highest BCUT2D eigenvalue weighted by Gasteiger charge is 2.33. The van der Waals surface area contributed by atoms with E-state index < -0.39 is 0 Å². The number of rotatable bonds is 7. The van der Waals surface area contributed by atoms with Gasteiger partial charge in [-0.1, -0.05) is 26.7 Å². The first-order valence-electron chi connectivity index (χ1n) is 10.4. The largest absolute Gasteiger partial charge is 0.494 e. The van der Waals surface area contributed by atoms with E-state index in [0.717, 1.165) is 34.0 Å². The molecule has 0 spiro atoms. The highest BCUT2D eigenvalue weighted by molar-refractivity contribution is 7.68. The summed E-state index contributed by atoms with van der Waals surface area (Å²) < 4.78 is 17.6. The summed E-state index contributed by atoms with van der Waals surface area (Å²) in [6.07, 6.45) is 0.838. The van der Waals surface area contributed by atoms with Crippen LogP contribution in [0.4, 0.5) is 5.69 Å². The van der Waals surface area contributed by atoms with Crippen molar-refractivity contribution in [2.24, 2.45) is 4.99 Å². The lowest BCUT2D eigenvalue weighted by atomic mass is 9.90. The Labute approximate surface area is 190 Å². The Kier molecular flexibility index (Phi) is 6.25. The van der Waals surface area contributed by atoms with Crippen LogP contribution in [-0.4, -0.2) is 27.4 Å². The molecule has 4 rings (SSSR count). The lowest BCUT2D eigenvalue weighted by Crippen LogP contribution is -2.31. The number of hydrogen-bond acceptors (Lipinski definition) is 7. The summed E-state index contributed by atoms with van der Waals surface area (Å²) in [5.74, 6) is 2.39. The quantitative estimate of drug-likeness (QED) is 0.464. The van der Waals surface area contributed by atoms with E-state index in [1.807, 2.05) is 35.5 Å². The Bertz CT molecular complexity index is 1150. The van der Waals surface area contributed by atoms with E-state index in [1.165, 1.54) is 21.6 Å². The lowest BCUT2D eigenvalue weighted by molar-refractivity contribution is 0.340. The number of nitrogens with one attached hydrogen (secondary N) is 1. The fourth-order valence-corrected chi connectivity index (χ4v) is 6.82. The molecule has 5 nitrogen and oxygen atoms in total. The zero-order valence-corrected chi connectivity index (χ0v) is 20.2. The molecule has 3 aromatic rings. The Morgan fingerprint density at radius 1 is 1.00 bits per heavy atom. The molecule has 0 atom stereocenters. The van der Waals surface area contributed by atoms with E-state index in [9.17, 15) is 0 Å². The molecule has 1 aliphatic heterocycles. The third kappa shape index (κ3) is 4.29. The van der Waals surface area contributed by atoms with Crippen molar-refractivity contribution in [3.63, 3.8) is 0 Å². The van der Waals surface area contributed by atoms with Crippen LogP contribution in [0, 0.1) is 0 Å². The van der Waals surface area contributed by atoms with Gasteiger partial charge in [-0.3, -0.25) is 4.99 Å². The summed E-state index contributed by atoms with van der Waals surface area (Å²) in [6, 6.07) is 12.3. The Morgan fingerprint density at radius 3 is 2.55 bits per heavy atom. The smallest absolute Gasteiger partial charge is 0.160 e. The highest BCUT2D eigenvalue weighted by Crippen LogP contribution is 2.46. The van der Waals surface area contributed by atoms with Crippen LogP contribution in [0.5, 0.6) is 17.2 Å². The average molecular weight is 457 g/mol.